The summed E-state index contributed by atoms with van der Waals surface area (Å²) in [6.45, 7) is 7.40. The van der Waals surface area contributed by atoms with Crippen LogP contribution < -0.4 is 0 Å². The van der Waals surface area contributed by atoms with Crippen molar-refractivity contribution < 1.29 is 18.9 Å². The Kier molecular flexibility index (Phi) is 33.8. The normalized spacial score (nSPS) is 20.8. The number of hydrogen-bond acceptors (Lipinski definition) is 6. The first kappa shape index (κ1) is 47.7. The molecule has 0 aromatic rings. The molecule has 0 saturated carbocycles. The zero-order valence-electron chi connectivity index (χ0n) is 34.4. The Morgan fingerprint density at radius 1 is 0.333 bits per heavy atom. The zero-order valence-corrected chi connectivity index (χ0v) is 36.0. The highest BCUT2D eigenvalue weighted by Gasteiger charge is 2.41. The van der Waals surface area contributed by atoms with Crippen molar-refractivity contribution in [3.63, 3.8) is 0 Å². The van der Waals surface area contributed by atoms with Crippen LogP contribution in [0.1, 0.15) is 219 Å². The highest BCUT2D eigenvalue weighted by molar-refractivity contribution is 7.99. The maximum absolute atomic E-state index is 6.15. The average Bonchev–Trinajstić information content (AvgIpc) is 3.15. The topological polar surface area (TPSA) is 36.9 Å². The third-order valence-electron chi connectivity index (χ3n) is 11.0. The second-order valence-corrected chi connectivity index (χ2v) is 18.8. The number of hydrogen-bond donors (Lipinski definition) is 0. The molecule has 51 heavy (non-hydrogen) atoms. The van der Waals surface area contributed by atoms with Crippen LogP contribution >= 0.6 is 23.5 Å². The van der Waals surface area contributed by atoms with Crippen LogP contribution in [0.5, 0.6) is 0 Å². The molecule has 0 aliphatic carbocycles. The van der Waals surface area contributed by atoms with Gasteiger partial charge in [-0.1, -0.05) is 181 Å². The maximum atomic E-state index is 6.15. The van der Waals surface area contributed by atoms with E-state index >= 15 is 0 Å². The van der Waals surface area contributed by atoms with Gasteiger partial charge in [0.2, 0.25) is 0 Å². The van der Waals surface area contributed by atoms with Gasteiger partial charge in [0, 0.05) is 0 Å². The Labute approximate surface area is 327 Å². The lowest BCUT2D eigenvalue weighted by Gasteiger charge is -2.43. The minimum atomic E-state index is -0.113. The summed E-state index contributed by atoms with van der Waals surface area (Å²) in [5.41, 5.74) is -0.113. The van der Waals surface area contributed by atoms with Gasteiger partial charge < -0.3 is 18.9 Å². The molecule has 2 saturated heterocycles. The van der Waals surface area contributed by atoms with E-state index in [0.717, 1.165) is 12.8 Å². The summed E-state index contributed by atoms with van der Waals surface area (Å²) in [5, 5.41) is 0. The largest absolute Gasteiger partial charge is 0.352 e. The van der Waals surface area contributed by atoms with E-state index in [2.05, 4.69) is 37.4 Å². The summed E-state index contributed by atoms with van der Waals surface area (Å²) >= 11 is 4.23. The number of unbranched alkanes of at least 4 members (excludes halogenated alkanes) is 26. The number of rotatable bonds is 38. The van der Waals surface area contributed by atoms with Gasteiger partial charge in [-0.3, -0.25) is 0 Å². The van der Waals surface area contributed by atoms with E-state index in [1.165, 1.54) is 216 Å². The molecule has 0 bridgehead atoms. The van der Waals surface area contributed by atoms with Gasteiger partial charge in [-0.2, -0.15) is 23.5 Å². The van der Waals surface area contributed by atoms with E-state index in [4.69, 9.17) is 18.9 Å². The molecule has 0 aromatic carbocycles. The molecule has 0 unspecified atom stereocenters. The standard InChI is InChI=1S/C45H88O4S2/c1-3-5-7-9-11-13-15-17-19-21-23-25-27-29-35-50-37-31-33-43-46-39-45(40-47-43)41-48-44(49-42-45)34-32-38-51-36-30-28-26-24-22-20-18-16-14-12-10-8-6-4-2/h43-44H,3-42H2,1-2H3. The predicted octanol–water partition coefficient (Wildman–Crippen LogP) is 14.7. The van der Waals surface area contributed by atoms with Gasteiger partial charge in [0.25, 0.3) is 0 Å². The summed E-state index contributed by atoms with van der Waals surface area (Å²) in [5.74, 6) is 5.06. The second-order valence-electron chi connectivity index (χ2n) is 16.3. The van der Waals surface area contributed by atoms with Gasteiger partial charge >= 0.3 is 0 Å². The fraction of sp³-hybridized carbons (Fsp3) is 1.00. The van der Waals surface area contributed by atoms with Crippen LogP contribution in [0.25, 0.3) is 0 Å². The van der Waals surface area contributed by atoms with E-state index in [1.807, 2.05) is 0 Å². The fourth-order valence-corrected chi connectivity index (χ4v) is 9.43. The first-order valence-corrected chi connectivity index (χ1v) is 25.2. The third kappa shape index (κ3) is 28.6. The molecule has 2 heterocycles. The Balaban J connectivity index is 1.27. The van der Waals surface area contributed by atoms with E-state index in [1.54, 1.807) is 0 Å². The Morgan fingerprint density at radius 3 is 0.843 bits per heavy atom. The van der Waals surface area contributed by atoms with Crippen molar-refractivity contribution in [1.82, 2.24) is 0 Å². The minimum absolute atomic E-state index is 0.0493. The summed E-state index contributed by atoms with van der Waals surface area (Å²) < 4.78 is 24.6. The number of ether oxygens (including phenoxy) is 4. The molecule has 0 amide bonds. The fourth-order valence-electron chi connectivity index (χ4n) is 7.46. The molecule has 6 heteroatoms. The molecular weight excluding hydrogens is 669 g/mol. The highest BCUT2D eigenvalue weighted by atomic mass is 32.2. The van der Waals surface area contributed by atoms with E-state index in [-0.39, 0.29) is 18.0 Å². The Morgan fingerprint density at radius 2 is 0.569 bits per heavy atom. The van der Waals surface area contributed by atoms with E-state index in [9.17, 15) is 0 Å². The molecular formula is C45H88O4S2. The van der Waals surface area contributed by atoms with Crippen molar-refractivity contribution >= 4 is 23.5 Å². The van der Waals surface area contributed by atoms with Crippen LogP contribution in [0.4, 0.5) is 0 Å². The first-order valence-electron chi connectivity index (χ1n) is 22.9. The van der Waals surface area contributed by atoms with Gasteiger partial charge in [0.15, 0.2) is 12.6 Å². The van der Waals surface area contributed by atoms with Crippen molar-refractivity contribution in [1.29, 1.82) is 0 Å². The SMILES string of the molecule is CCCCCCCCCCCCCCCCSCCCC1OCC2(CO1)COC(CCCSCCCCCCCCCCCCCCCC)OC2. The lowest BCUT2D eigenvalue weighted by atomic mass is 9.90. The van der Waals surface area contributed by atoms with Crippen LogP contribution in [0.2, 0.25) is 0 Å². The Bertz CT molecular complexity index is 632. The summed E-state index contributed by atoms with van der Waals surface area (Å²) in [4.78, 5) is 0. The second kappa shape index (κ2) is 36.2. The van der Waals surface area contributed by atoms with Crippen molar-refractivity contribution in [3.8, 4) is 0 Å². The Hall–Kier alpha value is 0.540. The van der Waals surface area contributed by atoms with Gasteiger partial charge in [0.1, 0.15) is 0 Å². The molecule has 0 aromatic heterocycles. The molecule has 2 aliphatic heterocycles. The smallest absolute Gasteiger partial charge is 0.157 e. The molecule has 304 valence electrons. The van der Waals surface area contributed by atoms with Crippen molar-refractivity contribution in [2.45, 2.75) is 232 Å². The molecule has 0 radical (unpaired) electrons. The van der Waals surface area contributed by atoms with Crippen molar-refractivity contribution in [2.75, 3.05) is 49.4 Å². The quantitative estimate of drug-likeness (QED) is 0.0584. The lowest BCUT2D eigenvalue weighted by Crippen LogP contribution is -2.52. The maximum Gasteiger partial charge on any atom is 0.157 e. The predicted molar refractivity (Wildman–Crippen MR) is 228 cm³/mol. The molecule has 0 atom stereocenters. The van der Waals surface area contributed by atoms with Gasteiger partial charge in [-0.25, -0.2) is 0 Å². The average molecular weight is 757 g/mol. The zero-order chi connectivity index (χ0) is 36.2. The summed E-state index contributed by atoms with van der Waals surface area (Å²) in [6.07, 6.45) is 44.4. The molecule has 2 aliphatic rings. The van der Waals surface area contributed by atoms with Gasteiger partial charge in [-0.15, -0.1) is 0 Å². The monoisotopic (exact) mass is 757 g/mol. The van der Waals surface area contributed by atoms with Crippen LogP contribution in [0, 0.1) is 5.41 Å². The van der Waals surface area contributed by atoms with Crippen LogP contribution in [-0.2, 0) is 18.9 Å². The van der Waals surface area contributed by atoms with Gasteiger partial charge in [0.05, 0.1) is 31.8 Å². The van der Waals surface area contributed by atoms with E-state index in [0.29, 0.717) is 26.4 Å². The molecule has 0 N–H and O–H groups in total. The minimum Gasteiger partial charge on any atom is -0.352 e. The third-order valence-corrected chi connectivity index (χ3v) is 13.4. The van der Waals surface area contributed by atoms with Crippen LogP contribution in [0.3, 0.4) is 0 Å². The molecule has 4 nitrogen and oxygen atoms in total. The van der Waals surface area contributed by atoms with E-state index < -0.39 is 0 Å². The van der Waals surface area contributed by atoms with Crippen LogP contribution in [0.15, 0.2) is 0 Å². The van der Waals surface area contributed by atoms with Gasteiger partial charge in [-0.05, 0) is 61.5 Å². The lowest BCUT2D eigenvalue weighted by molar-refractivity contribution is -0.303. The summed E-state index contributed by atoms with van der Waals surface area (Å²) in [7, 11) is 0. The molecule has 2 rings (SSSR count). The number of thioether (sulfide) groups is 2. The highest BCUT2D eigenvalue weighted by Crippen LogP contribution is 2.32. The van der Waals surface area contributed by atoms with Crippen molar-refractivity contribution in [2.24, 2.45) is 5.41 Å². The first-order chi connectivity index (χ1) is 25.3. The van der Waals surface area contributed by atoms with Crippen molar-refractivity contribution in [3.05, 3.63) is 0 Å². The summed E-state index contributed by atoms with van der Waals surface area (Å²) in [6, 6.07) is 0. The molecule has 1 spiro atoms. The van der Waals surface area contributed by atoms with Crippen LogP contribution in [-0.4, -0.2) is 62.0 Å². The molecule has 2 fully saturated rings.